The summed E-state index contributed by atoms with van der Waals surface area (Å²) in [7, 11) is -4.31. The molecular formula is C43H89N2O6P. The first-order chi connectivity index (χ1) is 25.4. The fraction of sp³-hybridized carbons (Fsp3) is 0.977. The number of rotatable bonds is 43. The van der Waals surface area contributed by atoms with Gasteiger partial charge in [-0.2, -0.15) is 0 Å². The van der Waals surface area contributed by atoms with Crippen molar-refractivity contribution < 1.29 is 28.4 Å². The topological polar surface area (TPSA) is 131 Å². The van der Waals surface area contributed by atoms with E-state index in [9.17, 15) is 19.4 Å². The Bertz CT molecular complexity index is 789. The second-order valence-corrected chi connectivity index (χ2v) is 17.1. The van der Waals surface area contributed by atoms with E-state index in [-0.39, 0.29) is 25.7 Å². The van der Waals surface area contributed by atoms with Crippen LogP contribution in [0.1, 0.15) is 239 Å². The van der Waals surface area contributed by atoms with Gasteiger partial charge in [0.2, 0.25) is 5.91 Å². The van der Waals surface area contributed by atoms with Gasteiger partial charge >= 0.3 is 7.82 Å². The zero-order chi connectivity index (χ0) is 38.2. The van der Waals surface area contributed by atoms with Crippen LogP contribution in [0, 0.1) is 0 Å². The third kappa shape index (κ3) is 37.8. The molecule has 8 nitrogen and oxygen atoms in total. The largest absolute Gasteiger partial charge is 0.472 e. The lowest BCUT2D eigenvalue weighted by molar-refractivity contribution is -0.123. The third-order valence-corrected chi connectivity index (χ3v) is 11.4. The molecule has 0 aromatic rings. The molecule has 0 fully saturated rings. The molecule has 0 saturated carbocycles. The van der Waals surface area contributed by atoms with Crippen molar-refractivity contribution in [1.29, 1.82) is 0 Å². The SMILES string of the molecule is CCCCCCCCCCCCCCCCCCCCCCCCC(=O)NC(COP(=O)(O)OCCN)C(O)CCCCCCCCCCCCC. The number of amides is 1. The van der Waals surface area contributed by atoms with Gasteiger partial charge in [-0.1, -0.05) is 219 Å². The Morgan fingerprint density at radius 1 is 0.558 bits per heavy atom. The number of nitrogens with two attached hydrogens (primary N) is 1. The summed E-state index contributed by atoms with van der Waals surface area (Å²) in [6.07, 6.45) is 42.6. The molecule has 1 amide bonds. The van der Waals surface area contributed by atoms with E-state index >= 15 is 0 Å². The van der Waals surface area contributed by atoms with Crippen LogP contribution < -0.4 is 11.1 Å². The number of aliphatic hydroxyl groups excluding tert-OH is 1. The zero-order valence-electron chi connectivity index (χ0n) is 34.6. The van der Waals surface area contributed by atoms with Crippen LogP contribution in [0.3, 0.4) is 0 Å². The molecule has 9 heteroatoms. The van der Waals surface area contributed by atoms with Crippen LogP contribution in [0.2, 0.25) is 0 Å². The van der Waals surface area contributed by atoms with Crippen molar-refractivity contribution in [2.45, 2.75) is 251 Å². The molecular weight excluding hydrogens is 671 g/mol. The lowest BCUT2D eigenvalue weighted by Crippen LogP contribution is -2.46. The van der Waals surface area contributed by atoms with Gasteiger partial charge in [-0.3, -0.25) is 13.8 Å². The first-order valence-corrected chi connectivity index (χ1v) is 24.1. The van der Waals surface area contributed by atoms with E-state index in [0.29, 0.717) is 12.8 Å². The van der Waals surface area contributed by atoms with Crippen molar-refractivity contribution in [3.63, 3.8) is 0 Å². The van der Waals surface area contributed by atoms with Crippen LogP contribution in [-0.2, 0) is 18.4 Å². The number of hydrogen-bond acceptors (Lipinski definition) is 6. The summed E-state index contributed by atoms with van der Waals surface area (Å²) < 4.78 is 22.2. The summed E-state index contributed by atoms with van der Waals surface area (Å²) >= 11 is 0. The minimum Gasteiger partial charge on any atom is -0.391 e. The molecule has 5 N–H and O–H groups in total. The van der Waals surface area contributed by atoms with Gasteiger partial charge in [0.25, 0.3) is 0 Å². The van der Waals surface area contributed by atoms with Gasteiger partial charge in [0.05, 0.1) is 25.4 Å². The smallest absolute Gasteiger partial charge is 0.391 e. The second kappa shape index (κ2) is 40.2. The molecule has 0 aromatic heterocycles. The predicted octanol–water partition coefficient (Wildman–Crippen LogP) is 12.6. The van der Waals surface area contributed by atoms with E-state index in [1.807, 2.05) is 0 Å². The average molecular weight is 761 g/mol. The number of phosphoric ester groups is 1. The highest BCUT2D eigenvalue weighted by atomic mass is 31.2. The Hall–Kier alpha value is -0.500. The number of carbonyl (C=O) groups is 1. The summed E-state index contributed by atoms with van der Waals surface area (Å²) in [6.45, 7) is 4.23. The monoisotopic (exact) mass is 761 g/mol. The van der Waals surface area contributed by atoms with Crippen molar-refractivity contribution in [2.24, 2.45) is 5.73 Å². The second-order valence-electron chi connectivity index (χ2n) is 15.6. The quantitative estimate of drug-likeness (QED) is 0.0359. The van der Waals surface area contributed by atoms with Crippen LogP contribution in [-0.4, -0.2) is 47.8 Å². The molecule has 0 aliphatic heterocycles. The highest BCUT2D eigenvalue weighted by molar-refractivity contribution is 7.47. The van der Waals surface area contributed by atoms with E-state index in [1.165, 1.54) is 173 Å². The standard InChI is InChI=1S/C43H89N2O6P/c1-3-5-7-9-11-13-15-16-17-18-19-20-21-22-23-24-25-27-29-31-33-35-37-43(47)45-41(40-51-52(48,49)50-39-38-44)42(46)36-34-32-30-28-26-14-12-10-8-6-4-2/h41-42,46H,3-40,44H2,1-2H3,(H,45,47)(H,48,49). The molecule has 0 rings (SSSR count). The summed E-state index contributed by atoms with van der Waals surface area (Å²) in [5, 5.41) is 13.8. The number of carbonyl (C=O) groups excluding carboxylic acids is 1. The first kappa shape index (κ1) is 51.5. The lowest BCUT2D eigenvalue weighted by atomic mass is 10.0. The normalized spacial score (nSPS) is 14.0. The molecule has 312 valence electrons. The van der Waals surface area contributed by atoms with Crippen LogP contribution >= 0.6 is 7.82 Å². The van der Waals surface area contributed by atoms with Crippen molar-refractivity contribution >= 4 is 13.7 Å². The maximum absolute atomic E-state index is 12.8. The van der Waals surface area contributed by atoms with Crippen LogP contribution in [0.4, 0.5) is 0 Å². The van der Waals surface area contributed by atoms with E-state index in [1.54, 1.807) is 0 Å². The van der Waals surface area contributed by atoms with Crippen LogP contribution in [0.5, 0.6) is 0 Å². The maximum atomic E-state index is 12.8. The van der Waals surface area contributed by atoms with Crippen LogP contribution in [0.25, 0.3) is 0 Å². The molecule has 0 radical (unpaired) electrons. The molecule has 0 heterocycles. The van der Waals surface area contributed by atoms with Gasteiger partial charge in [0.1, 0.15) is 0 Å². The maximum Gasteiger partial charge on any atom is 0.472 e. The number of aliphatic hydroxyl groups is 1. The van der Waals surface area contributed by atoms with Gasteiger partial charge in [-0.25, -0.2) is 4.57 Å². The van der Waals surface area contributed by atoms with Gasteiger partial charge in [-0.05, 0) is 12.8 Å². The molecule has 0 aliphatic rings. The summed E-state index contributed by atoms with van der Waals surface area (Å²) in [6, 6.07) is -0.766. The highest BCUT2D eigenvalue weighted by Gasteiger charge is 2.27. The highest BCUT2D eigenvalue weighted by Crippen LogP contribution is 2.43. The Morgan fingerprint density at radius 2 is 0.885 bits per heavy atom. The van der Waals surface area contributed by atoms with Crippen LogP contribution in [0.15, 0.2) is 0 Å². The first-order valence-electron chi connectivity index (χ1n) is 22.7. The van der Waals surface area contributed by atoms with Gasteiger partial charge in [0, 0.05) is 13.0 Å². The third-order valence-electron chi connectivity index (χ3n) is 10.5. The van der Waals surface area contributed by atoms with Crippen molar-refractivity contribution in [2.75, 3.05) is 19.8 Å². The van der Waals surface area contributed by atoms with Crippen molar-refractivity contribution in [3.05, 3.63) is 0 Å². The van der Waals surface area contributed by atoms with Gasteiger partial charge < -0.3 is 21.1 Å². The van der Waals surface area contributed by atoms with Gasteiger partial charge in [-0.15, -0.1) is 0 Å². The van der Waals surface area contributed by atoms with E-state index < -0.39 is 20.0 Å². The number of phosphoric acid groups is 1. The Labute approximate surface area is 322 Å². The van der Waals surface area contributed by atoms with Crippen molar-refractivity contribution in [1.82, 2.24) is 5.32 Å². The number of nitrogens with one attached hydrogen (secondary N) is 1. The zero-order valence-corrected chi connectivity index (χ0v) is 35.5. The van der Waals surface area contributed by atoms with E-state index in [2.05, 4.69) is 19.2 Å². The Kier molecular flexibility index (Phi) is 39.8. The molecule has 3 atom stereocenters. The number of hydrogen-bond donors (Lipinski definition) is 4. The van der Waals surface area contributed by atoms with Crippen molar-refractivity contribution in [3.8, 4) is 0 Å². The minimum atomic E-state index is -4.31. The summed E-state index contributed by atoms with van der Waals surface area (Å²) in [5.41, 5.74) is 5.38. The lowest BCUT2D eigenvalue weighted by Gasteiger charge is -2.25. The average Bonchev–Trinajstić information content (AvgIpc) is 3.13. The molecule has 0 bridgehead atoms. The minimum absolute atomic E-state index is 0.0924. The molecule has 0 aromatic carbocycles. The van der Waals surface area contributed by atoms with E-state index in [0.717, 1.165) is 38.5 Å². The Balaban J connectivity index is 3.99. The summed E-state index contributed by atoms with van der Waals surface area (Å²) in [5.74, 6) is -0.157. The molecule has 0 saturated heterocycles. The Morgan fingerprint density at radius 3 is 1.23 bits per heavy atom. The number of unbranched alkanes of at least 4 members (excludes halogenated alkanes) is 31. The summed E-state index contributed by atoms with van der Waals surface area (Å²) in [4.78, 5) is 22.7. The van der Waals surface area contributed by atoms with E-state index in [4.69, 9.17) is 14.8 Å². The fourth-order valence-corrected chi connectivity index (χ4v) is 7.78. The molecule has 0 aliphatic carbocycles. The molecule has 52 heavy (non-hydrogen) atoms. The molecule has 0 spiro atoms. The fourth-order valence-electron chi connectivity index (χ4n) is 7.02. The van der Waals surface area contributed by atoms with Gasteiger partial charge in [0.15, 0.2) is 0 Å². The predicted molar refractivity (Wildman–Crippen MR) is 222 cm³/mol. The molecule has 3 unspecified atom stereocenters.